The van der Waals surface area contributed by atoms with Crippen molar-refractivity contribution in [1.29, 1.82) is 0 Å². The highest BCUT2D eigenvalue weighted by atomic mass is 127. The van der Waals surface area contributed by atoms with Gasteiger partial charge in [0, 0.05) is 18.0 Å². The molecule has 1 atom stereocenters. The average molecular weight is 488 g/mol. The van der Waals surface area contributed by atoms with Crippen LogP contribution in [0, 0.1) is 6.92 Å². The molecule has 5 nitrogen and oxygen atoms in total. The number of likely N-dealkylation sites (tertiary alicyclic amines) is 1. The lowest BCUT2D eigenvalue weighted by Crippen LogP contribution is -2.42. The molecule has 7 heteroatoms. The van der Waals surface area contributed by atoms with Gasteiger partial charge in [0.1, 0.15) is 5.76 Å². The molecular weight excluding hydrogens is 459 g/mol. The van der Waals surface area contributed by atoms with E-state index in [1.807, 2.05) is 6.07 Å². The normalized spacial score (nSPS) is 16.3. The first-order valence-electron chi connectivity index (χ1n) is 9.10. The Morgan fingerprint density at radius 2 is 2.12 bits per heavy atom. The zero-order chi connectivity index (χ0) is 17.5. The number of nitrogens with zero attached hydrogens (tertiary/aromatic N) is 2. The van der Waals surface area contributed by atoms with E-state index in [2.05, 4.69) is 46.9 Å². The van der Waals surface area contributed by atoms with Crippen molar-refractivity contribution in [3.05, 3.63) is 46.0 Å². The Balaban J connectivity index is 0.00000243. The number of thiophene rings is 1. The van der Waals surface area contributed by atoms with E-state index >= 15 is 0 Å². The quantitative estimate of drug-likeness (QED) is 0.349. The third-order valence-corrected chi connectivity index (χ3v) is 5.62. The van der Waals surface area contributed by atoms with Crippen molar-refractivity contribution in [2.45, 2.75) is 39.3 Å². The van der Waals surface area contributed by atoms with Crippen LogP contribution < -0.4 is 10.6 Å². The monoisotopic (exact) mass is 488 g/mol. The van der Waals surface area contributed by atoms with Crippen LogP contribution in [0.2, 0.25) is 0 Å². The molecule has 0 radical (unpaired) electrons. The maximum atomic E-state index is 5.69. The molecule has 1 fully saturated rings. The van der Waals surface area contributed by atoms with Crippen molar-refractivity contribution in [2.75, 3.05) is 26.2 Å². The molecule has 144 valence electrons. The molecule has 26 heavy (non-hydrogen) atoms. The van der Waals surface area contributed by atoms with E-state index in [1.54, 1.807) is 17.6 Å². The third kappa shape index (κ3) is 5.72. The molecule has 3 rings (SSSR count). The first kappa shape index (κ1) is 21.2. The van der Waals surface area contributed by atoms with Crippen molar-refractivity contribution in [2.24, 2.45) is 4.99 Å². The van der Waals surface area contributed by atoms with Crippen molar-refractivity contribution in [3.8, 4) is 0 Å². The van der Waals surface area contributed by atoms with Gasteiger partial charge in [0.15, 0.2) is 5.96 Å². The fourth-order valence-electron chi connectivity index (χ4n) is 3.20. The van der Waals surface area contributed by atoms with Crippen LogP contribution in [0.1, 0.15) is 42.0 Å². The van der Waals surface area contributed by atoms with Gasteiger partial charge in [-0.1, -0.05) is 0 Å². The second-order valence-electron chi connectivity index (χ2n) is 6.38. The second-order valence-corrected chi connectivity index (χ2v) is 7.38. The predicted octanol–water partition coefficient (Wildman–Crippen LogP) is 4.16. The number of aryl methyl sites for hydroxylation is 1. The second kappa shape index (κ2) is 10.9. The highest BCUT2D eigenvalue weighted by molar-refractivity contribution is 14.0. The number of furan rings is 1. The molecule has 1 unspecified atom stereocenters. The van der Waals surface area contributed by atoms with E-state index in [0.717, 1.165) is 37.9 Å². The van der Waals surface area contributed by atoms with Gasteiger partial charge in [-0.05, 0) is 68.9 Å². The van der Waals surface area contributed by atoms with Gasteiger partial charge in [-0.15, -0.1) is 35.3 Å². The number of halogens is 1. The van der Waals surface area contributed by atoms with Crippen LogP contribution in [0.5, 0.6) is 0 Å². The number of hydrogen-bond donors (Lipinski definition) is 2. The molecule has 1 aliphatic heterocycles. The Hall–Kier alpha value is -1.06. The SMILES string of the molecule is CCNC(=NCc1sccc1C)NCC(c1ccco1)N1CCCC1.I. The molecule has 0 saturated carbocycles. The number of rotatable bonds is 7. The predicted molar refractivity (Wildman–Crippen MR) is 120 cm³/mol. The largest absolute Gasteiger partial charge is 0.468 e. The summed E-state index contributed by atoms with van der Waals surface area (Å²) in [6, 6.07) is 6.45. The van der Waals surface area contributed by atoms with E-state index in [0.29, 0.717) is 6.54 Å². The summed E-state index contributed by atoms with van der Waals surface area (Å²) in [5.41, 5.74) is 1.31. The molecule has 3 heterocycles. The molecule has 0 spiro atoms. The lowest BCUT2D eigenvalue weighted by molar-refractivity contribution is 0.215. The number of aliphatic imine (C=N–C) groups is 1. The maximum Gasteiger partial charge on any atom is 0.191 e. The summed E-state index contributed by atoms with van der Waals surface area (Å²) >= 11 is 1.77. The van der Waals surface area contributed by atoms with Crippen LogP contribution in [0.3, 0.4) is 0 Å². The Morgan fingerprint density at radius 1 is 1.31 bits per heavy atom. The van der Waals surface area contributed by atoms with Gasteiger partial charge in [-0.3, -0.25) is 4.90 Å². The summed E-state index contributed by atoms with van der Waals surface area (Å²) in [6.07, 6.45) is 4.29. The van der Waals surface area contributed by atoms with Gasteiger partial charge < -0.3 is 15.1 Å². The molecular formula is C19H29IN4OS. The number of hydrogen-bond acceptors (Lipinski definition) is 4. The zero-order valence-electron chi connectivity index (χ0n) is 15.5. The molecule has 2 aromatic rings. The lowest BCUT2D eigenvalue weighted by atomic mass is 10.2. The van der Waals surface area contributed by atoms with Crippen LogP contribution >= 0.6 is 35.3 Å². The fraction of sp³-hybridized carbons (Fsp3) is 0.526. The maximum absolute atomic E-state index is 5.69. The van der Waals surface area contributed by atoms with Gasteiger partial charge in [0.05, 0.1) is 18.8 Å². The van der Waals surface area contributed by atoms with Crippen LogP contribution in [-0.4, -0.2) is 37.0 Å². The minimum Gasteiger partial charge on any atom is -0.468 e. The molecule has 2 aromatic heterocycles. The van der Waals surface area contributed by atoms with Crippen LogP contribution in [-0.2, 0) is 6.54 Å². The van der Waals surface area contributed by atoms with Crippen molar-refractivity contribution in [1.82, 2.24) is 15.5 Å². The van der Waals surface area contributed by atoms with Gasteiger partial charge in [0.2, 0.25) is 0 Å². The van der Waals surface area contributed by atoms with Crippen molar-refractivity contribution in [3.63, 3.8) is 0 Å². The third-order valence-electron chi connectivity index (χ3n) is 4.61. The van der Waals surface area contributed by atoms with Crippen LogP contribution in [0.4, 0.5) is 0 Å². The first-order chi connectivity index (χ1) is 12.3. The zero-order valence-corrected chi connectivity index (χ0v) is 18.7. The molecule has 0 bridgehead atoms. The topological polar surface area (TPSA) is 52.8 Å². The Morgan fingerprint density at radius 3 is 2.73 bits per heavy atom. The number of nitrogens with one attached hydrogen (secondary N) is 2. The highest BCUT2D eigenvalue weighted by Gasteiger charge is 2.25. The fourth-order valence-corrected chi connectivity index (χ4v) is 4.03. The Bertz CT molecular complexity index is 665. The van der Waals surface area contributed by atoms with Crippen LogP contribution in [0.15, 0.2) is 39.3 Å². The van der Waals surface area contributed by atoms with E-state index in [1.165, 1.54) is 23.3 Å². The molecule has 1 saturated heterocycles. The molecule has 2 N–H and O–H groups in total. The summed E-state index contributed by atoms with van der Waals surface area (Å²) in [7, 11) is 0. The first-order valence-corrected chi connectivity index (χ1v) is 9.98. The Kier molecular flexibility index (Phi) is 8.94. The standard InChI is InChI=1S/C19H28N4OS.HI/c1-3-20-19(22-14-18-15(2)8-12-25-18)21-13-16(17-7-6-11-24-17)23-9-4-5-10-23;/h6-8,11-12,16H,3-5,9-10,13-14H2,1-2H3,(H2,20,21,22);1H. The summed E-state index contributed by atoms with van der Waals surface area (Å²) in [6.45, 7) is 8.87. The van der Waals surface area contributed by atoms with E-state index in [-0.39, 0.29) is 30.0 Å². The minimum atomic E-state index is 0. The van der Waals surface area contributed by atoms with Crippen molar-refractivity contribution >= 4 is 41.3 Å². The van der Waals surface area contributed by atoms with Gasteiger partial charge >= 0.3 is 0 Å². The van der Waals surface area contributed by atoms with E-state index < -0.39 is 0 Å². The van der Waals surface area contributed by atoms with Gasteiger partial charge in [-0.2, -0.15) is 0 Å². The van der Waals surface area contributed by atoms with Crippen molar-refractivity contribution < 1.29 is 4.42 Å². The highest BCUT2D eigenvalue weighted by Crippen LogP contribution is 2.24. The molecule has 0 aromatic carbocycles. The smallest absolute Gasteiger partial charge is 0.191 e. The summed E-state index contributed by atoms with van der Waals surface area (Å²) in [5, 5.41) is 8.99. The average Bonchev–Trinajstić information content (AvgIpc) is 3.36. The molecule has 0 aliphatic carbocycles. The summed E-state index contributed by atoms with van der Waals surface area (Å²) in [4.78, 5) is 8.57. The van der Waals surface area contributed by atoms with Gasteiger partial charge in [0.25, 0.3) is 0 Å². The minimum absolute atomic E-state index is 0. The molecule has 1 aliphatic rings. The molecule has 0 amide bonds. The number of guanidine groups is 1. The Labute approximate surface area is 177 Å². The van der Waals surface area contributed by atoms with E-state index in [9.17, 15) is 0 Å². The summed E-state index contributed by atoms with van der Waals surface area (Å²) in [5.74, 6) is 1.89. The van der Waals surface area contributed by atoms with Crippen LogP contribution in [0.25, 0.3) is 0 Å². The van der Waals surface area contributed by atoms with E-state index in [4.69, 9.17) is 9.41 Å². The summed E-state index contributed by atoms with van der Waals surface area (Å²) < 4.78 is 5.69. The lowest BCUT2D eigenvalue weighted by Gasteiger charge is -2.26. The van der Waals surface area contributed by atoms with Gasteiger partial charge in [-0.25, -0.2) is 4.99 Å².